The highest BCUT2D eigenvalue weighted by Gasteiger charge is 2.13. The van der Waals surface area contributed by atoms with Crippen molar-refractivity contribution >= 4 is 23.4 Å². The number of benzene rings is 2. The van der Waals surface area contributed by atoms with Crippen molar-refractivity contribution in [2.24, 2.45) is 0 Å². The van der Waals surface area contributed by atoms with Gasteiger partial charge in [0, 0.05) is 11.4 Å². The fourth-order valence-electron chi connectivity index (χ4n) is 2.21. The Kier molecular flexibility index (Phi) is 5.45. The summed E-state index contributed by atoms with van der Waals surface area (Å²) in [5, 5.41) is 2.86. The third kappa shape index (κ3) is 4.94. The zero-order valence-electron chi connectivity index (χ0n) is 12.7. The van der Waals surface area contributed by atoms with Crippen LogP contribution in [0.4, 0.5) is 5.69 Å². The molecule has 1 unspecified atom stereocenters. The first-order chi connectivity index (χ1) is 10.0. The number of hydrogen-bond acceptors (Lipinski definition) is 2. The first-order valence-electron chi connectivity index (χ1n) is 7.09. The van der Waals surface area contributed by atoms with Crippen molar-refractivity contribution in [3.05, 3.63) is 65.2 Å². The summed E-state index contributed by atoms with van der Waals surface area (Å²) in [6.45, 7) is 6.16. The zero-order valence-corrected chi connectivity index (χ0v) is 13.5. The van der Waals surface area contributed by atoms with Crippen LogP contribution in [0.25, 0.3) is 0 Å². The minimum atomic E-state index is -0.0778. The summed E-state index contributed by atoms with van der Waals surface area (Å²) in [4.78, 5) is 12.1. The first kappa shape index (κ1) is 15.6. The summed E-state index contributed by atoms with van der Waals surface area (Å²) in [6, 6.07) is 16.1. The number of para-hydroxylation sites is 1. The number of nitrogens with one attached hydrogen (secondary N) is 1. The SMILES string of the molecule is Cc1cc(C)cc(CSC(C)C(=O)Nc2ccccc2)c1. The Morgan fingerprint density at radius 3 is 2.33 bits per heavy atom. The molecule has 0 fully saturated rings. The maximum absolute atomic E-state index is 12.1. The monoisotopic (exact) mass is 299 g/mol. The number of carbonyl (C=O) groups is 1. The smallest absolute Gasteiger partial charge is 0.237 e. The van der Waals surface area contributed by atoms with Crippen LogP contribution in [0.2, 0.25) is 0 Å². The van der Waals surface area contributed by atoms with Gasteiger partial charge in [-0.3, -0.25) is 4.79 Å². The molecule has 110 valence electrons. The minimum absolute atomic E-state index is 0.0515. The van der Waals surface area contributed by atoms with Gasteiger partial charge in [-0.25, -0.2) is 0 Å². The van der Waals surface area contributed by atoms with Gasteiger partial charge >= 0.3 is 0 Å². The van der Waals surface area contributed by atoms with Crippen LogP contribution in [0.3, 0.4) is 0 Å². The van der Waals surface area contributed by atoms with Gasteiger partial charge in [-0.05, 0) is 38.5 Å². The summed E-state index contributed by atoms with van der Waals surface area (Å²) < 4.78 is 0. The Balaban J connectivity index is 1.89. The number of anilines is 1. The molecule has 0 spiro atoms. The van der Waals surface area contributed by atoms with Crippen molar-refractivity contribution in [2.75, 3.05) is 5.32 Å². The van der Waals surface area contributed by atoms with Crippen LogP contribution in [0.1, 0.15) is 23.6 Å². The molecule has 1 amide bonds. The molecule has 0 aliphatic rings. The molecule has 1 N–H and O–H groups in total. The lowest BCUT2D eigenvalue weighted by molar-refractivity contribution is -0.115. The van der Waals surface area contributed by atoms with Gasteiger partial charge in [0.1, 0.15) is 0 Å². The predicted octanol–water partition coefficient (Wildman–Crippen LogP) is 4.56. The van der Waals surface area contributed by atoms with Gasteiger partial charge in [0.25, 0.3) is 0 Å². The highest BCUT2D eigenvalue weighted by Crippen LogP contribution is 2.21. The molecule has 0 bridgehead atoms. The van der Waals surface area contributed by atoms with E-state index in [1.165, 1.54) is 16.7 Å². The van der Waals surface area contributed by atoms with Crippen LogP contribution < -0.4 is 5.32 Å². The molecule has 0 radical (unpaired) electrons. The van der Waals surface area contributed by atoms with Crippen molar-refractivity contribution in [3.63, 3.8) is 0 Å². The molecule has 0 aromatic heterocycles. The predicted molar refractivity (Wildman–Crippen MR) is 91.7 cm³/mol. The largest absolute Gasteiger partial charge is 0.325 e. The molecule has 2 rings (SSSR count). The normalized spacial score (nSPS) is 12.0. The number of thioether (sulfide) groups is 1. The van der Waals surface area contributed by atoms with Crippen LogP contribution >= 0.6 is 11.8 Å². The van der Waals surface area contributed by atoms with Gasteiger partial charge in [-0.15, -0.1) is 11.8 Å². The molecule has 2 nitrogen and oxygen atoms in total. The van der Waals surface area contributed by atoms with Crippen LogP contribution in [-0.4, -0.2) is 11.2 Å². The molecule has 2 aromatic carbocycles. The number of rotatable bonds is 5. The molecule has 21 heavy (non-hydrogen) atoms. The van der Waals surface area contributed by atoms with Gasteiger partial charge in [-0.1, -0.05) is 47.5 Å². The van der Waals surface area contributed by atoms with Crippen LogP contribution in [0.15, 0.2) is 48.5 Å². The quantitative estimate of drug-likeness (QED) is 0.876. The van der Waals surface area contributed by atoms with E-state index in [4.69, 9.17) is 0 Å². The summed E-state index contributed by atoms with van der Waals surface area (Å²) in [6.07, 6.45) is 0. The van der Waals surface area contributed by atoms with Crippen LogP contribution in [0, 0.1) is 13.8 Å². The van der Waals surface area contributed by atoms with Gasteiger partial charge in [-0.2, -0.15) is 0 Å². The molecule has 0 aliphatic carbocycles. The van der Waals surface area contributed by atoms with Gasteiger partial charge < -0.3 is 5.32 Å². The number of aryl methyl sites for hydroxylation is 2. The molecule has 0 aliphatic heterocycles. The fourth-order valence-corrected chi connectivity index (χ4v) is 3.03. The highest BCUT2D eigenvalue weighted by molar-refractivity contribution is 7.99. The second-order valence-corrected chi connectivity index (χ2v) is 6.63. The second kappa shape index (κ2) is 7.32. The van der Waals surface area contributed by atoms with Gasteiger partial charge in [0.15, 0.2) is 0 Å². The van der Waals surface area contributed by atoms with Crippen LogP contribution in [0.5, 0.6) is 0 Å². The Hall–Kier alpha value is -1.74. The third-order valence-corrected chi connectivity index (χ3v) is 4.41. The van der Waals surface area contributed by atoms with E-state index in [9.17, 15) is 4.79 Å². The lowest BCUT2D eigenvalue weighted by Gasteiger charge is -2.12. The standard InChI is InChI=1S/C18H21NOS/c1-13-9-14(2)11-16(10-13)12-21-15(3)18(20)19-17-7-5-4-6-8-17/h4-11,15H,12H2,1-3H3,(H,19,20). The Morgan fingerprint density at radius 2 is 1.71 bits per heavy atom. The van der Waals surface area contributed by atoms with E-state index >= 15 is 0 Å². The van der Waals surface area contributed by atoms with Crippen molar-refractivity contribution in [2.45, 2.75) is 31.8 Å². The fraction of sp³-hybridized carbons (Fsp3) is 0.278. The van der Waals surface area contributed by atoms with Crippen molar-refractivity contribution < 1.29 is 4.79 Å². The molecule has 2 aromatic rings. The van der Waals surface area contributed by atoms with Crippen molar-refractivity contribution in [3.8, 4) is 0 Å². The molecule has 1 atom stereocenters. The van der Waals surface area contributed by atoms with Crippen LogP contribution in [-0.2, 0) is 10.5 Å². The van der Waals surface area contributed by atoms with Crippen molar-refractivity contribution in [1.82, 2.24) is 0 Å². The van der Waals surface area contributed by atoms with E-state index in [0.717, 1.165) is 11.4 Å². The first-order valence-corrected chi connectivity index (χ1v) is 8.14. The lowest BCUT2D eigenvalue weighted by atomic mass is 10.1. The average molecular weight is 299 g/mol. The van der Waals surface area contributed by atoms with E-state index in [2.05, 4.69) is 37.4 Å². The van der Waals surface area contributed by atoms with Gasteiger partial charge in [0.05, 0.1) is 5.25 Å². The summed E-state index contributed by atoms with van der Waals surface area (Å²) in [5.74, 6) is 0.905. The number of carbonyl (C=O) groups excluding carboxylic acids is 1. The number of amides is 1. The van der Waals surface area contributed by atoms with E-state index in [1.54, 1.807) is 11.8 Å². The summed E-state index contributed by atoms with van der Waals surface area (Å²) in [5.41, 5.74) is 4.66. The molecule has 0 saturated carbocycles. The number of hydrogen-bond donors (Lipinski definition) is 1. The van der Waals surface area contributed by atoms with E-state index in [-0.39, 0.29) is 11.2 Å². The van der Waals surface area contributed by atoms with E-state index in [1.807, 2.05) is 37.3 Å². The molecular formula is C18H21NOS. The average Bonchev–Trinajstić information content (AvgIpc) is 2.44. The highest BCUT2D eigenvalue weighted by atomic mass is 32.2. The van der Waals surface area contributed by atoms with E-state index in [0.29, 0.717) is 0 Å². The Bertz CT molecular complexity index is 590. The molecule has 0 saturated heterocycles. The summed E-state index contributed by atoms with van der Waals surface area (Å²) in [7, 11) is 0. The Morgan fingerprint density at radius 1 is 1.10 bits per heavy atom. The molecule has 0 heterocycles. The Labute approximate surface area is 131 Å². The maximum atomic E-state index is 12.1. The zero-order chi connectivity index (χ0) is 15.2. The third-order valence-electron chi connectivity index (χ3n) is 3.19. The topological polar surface area (TPSA) is 29.1 Å². The summed E-state index contributed by atoms with van der Waals surface area (Å²) >= 11 is 1.66. The van der Waals surface area contributed by atoms with Crippen molar-refractivity contribution in [1.29, 1.82) is 0 Å². The molecular weight excluding hydrogens is 278 g/mol. The maximum Gasteiger partial charge on any atom is 0.237 e. The second-order valence-electron chi connectivity index (χ2n) is 5.30. The van der Waals surface area contributed by atoms with E-state index < -0.39 is 0 Å². The minimum Gasteiger partial charge on any atom is -0.325 e. The molecule has 3 heteroatoms. The van der Waals surface area contributed by atoms with Gasteiger partial charge in [0.2, 0.25) is 5.91 Å². The lowest BCUT2D eigenvalue weighted by Crippen LogP contribution is -2.22.